The summed E-state index contributed by atoms with van der Waals surface area (Å²) in [4.78, 5) is 12.9. The first kappa shape index (κ1) is 20.1. The summed E-state index contributed by atoms with van der Waals surface area (Å²) in [5.74, 6) is -0.149. The number of nitrogens with one attached hydrogen (secondary N) is 1. The second kappa shape index (κ2) is 7.80. The quantitative estimate of drug-likeness (QED) is 0.685. The van der Waals surface area contributed by atoms with E-state index in [2.05, 4.69) is 40.6 Å². The van der Waals surface area contributed by atoms with Crippen molar-refractivity contribution in [3.05, 3.63) is 63.2 Å². The summed E-state index contributed by atoms with van der Waals surface area (Å²) in [5.41, 5.74) is 6.35. The van der Waals surface area contributed by atoms with E-state index in [1.54, 1.807) is 4.68 Å². The average molecular weight is 400 g/mol. The number of aryl methyl sites for hydroxylation is 3. The van der Waals surface area contributed by atoms with E-state index in [9.17, 15) is 4.79 Å². The molecule has 0 aliphatic rings. The first-order valence-corrected chi connectivity index (χ1v) is 9.68. The van der Waals surface area contributed by atoms with Crippen molar-refractivity contribution in [1.82, 2.24) is 19.6 Å². The number of rotatable bonds is 5. The van der Waals surface area contributed by atoms with Gasteiger partial charge in [0.1, 0.15) is 6.04 Å². The van der Waals surface area contributed by atoms with Crippen LogP contribution in [0.25, 0.3) is 0 Å². The van der Waals surface area contributed by atoms with Crippen LogP contribution in [0.15, 0.2) is 24.3 Å². The molecule has 6 nitrogen and oxygen atoms in total. The van der Waals surface area contributed by atoms with Gasteiger partial charge in [0.25, 0.3) is 0 Å². The van der Waals surface area contributed by atoms with Crippen LogP contribution in [0.5, 0.6) is 0 Å². The molecule has 1 amide bonds. The molecule has 3 aromatic rings. The molecule has 0 aliphatic carbocycles. The largest absolute Gasteiger partial charge is 0.321 e. The molecular weight excluding hydrogens is 374 g/mol. The lowest BCUT2D eigenvalue weighted by atomic mass is 10.1. The van der Waals surface area contributed by atoms with E-state index in [1.165, 1.54) is 11.1 Å². The second-order valence-corrected chi connectivity index (χ2v) is 7.67. The van der Waals surface area contributed by atoms with E-state index in [-0.39, 0.29) is 5.91 Å². The number of nitrogens with zero attached hydrogens (tertiary/aromatic N) is 4. The zero-order valence-electron chi connectivity index (χ0n) is 17.2. The van der Waals surface area contributed by atoms with Gasteiger partial charge in [-0.05, 0) is 47.1 Å². The van der Waals surface area contributed by atoms with Gasteiger partial charge in [-0.3, -0.25) is 14.2 Å². The number of aromatic nitrogens is 4. The molecule has 1 aromatic carbocycles. The number of halogens is 1. The number of carbonyl (C=O) groups is 1. The van der Waals surface area contributed by atoms with Gasteiger partial charge in [-0.1, -0.05) is 41.4 Å². The minimum absolute atomic E-state index is 0.149. The third kappa shape index (κ3) is 3.83. The van der Waals surface area contributed by atoms with E-state index in [1.807, 2.05) is 45.4 Å². The first-order chi connectivity index (χ1) is 13.2. The molecule has 0 bridgehead atoms. The smallest absolute Gasteiger partial charge is 0.249 e. The minimum Gasteiger partial charge on any atom is -0.321 e. The predicted octanol–water partition coefficient (Wildman–Crippen LogP) is 4.52. The molecule has 2 heterocycles. The van der Waals surface area contributed by atoms with E-state index in [0.29, 0.717) is 11.6 Å². The van der Waals surface area contributed by atoms with Crippen molar-refractivity contribution in [2.45, 2.75) is 54.1 Å². The van der Waals surface area contributed by atoms with Gasteiger partial charge in [-0.25, -0.2) is 0 Å². The van der Waals surface area contributed by atoms with Gasteiger partial charge in [-0.2, -0.15) is 10.2 Å². The van der Waals surface area contributed by atoms with Crippen LogP contribution in [-0.2, 0) is 11.3 Å². The SMILES string of the molecule is Cc1cccc(Cn2nc(C)c(NC(=O)C(C)n3nc(C)c(Cl)c3C)c2C)c1. The topological polar surface area (TPSA) is 64.7 Å². The number of hydrogen-bond acceptors (Lipinski definition) is 3. The molecular formula is C21H26ClN5O. The Balaban J connectivity index is 1.81. The Hall–Kier alpha value is -2.60. The van der Waals surface area contributed by atoms with Crippen molar-refractivity contribution >= 4 is 23.2 Å². The van der Waals surface area contributed by atoms with E-state index < -0.39 is 6.04 Å². The fourth-order valence-corrected chi connectivity index (χ4v) is 3.50. The van der Waals surface area contributed by atoms with Crippen molar-refractivity contribution < 1.29 is 4.79 Å². The third-order valence-corrected chi connectivity index (χ3v) is 5.57. The van der Waals surface area contributed by atoms with Gasteiger partial charge in [0.15, 0.2) is 0 Å². The normalized spacial score (nSPS) is 12.2. The molecule has 1 atom stereocenters. The van der Waals surface area contributed by atoms with Crippen LogP contribution in [0.3, 0.4) is 0 Å². The summed E-state index contributed by atoms with van der Waals surface area (Å²) in [7, 11) is 0. The maximum absolute atomic E-state index is 12.9. The lowest BCUT2D eigenvalue weighted by Crippen LogP contribution is -2.25. The Labute approximate surface area is 170 Å². The fraction of sp³-hybridized carbons (Fsp3) is 0.381. The zero-order valence-corrected chi connectivity index (χ0v) is 17.9. The summed E-state index contributed by atoms with van der Waals surface area (Å²) in [5, 5.41) is 12.6. The van der Waals surface area contributed by atoms with Crippen LogP contribution in [0.1, 0.15) is 46.9 Å². The fourth-order valence-electron chi connectivity index (χ4n) is 3.37. The standard InChI is InChI=1S/C21H26ClN5O/c1-12-8-7-9-18(10-12)11-26-16(5)20(14(3)24-26)23-21(28)17(6)27-15(4)19(22)13(2)25-27/h7-10,17H,11H2,1-6H3,(H,23,28). The van der Waals surface area contributed by atoms with Crippen molar-refractivity contribution in [2.75, 3.05) is 5.32 Å². The Kier molecular flexibility index (Phi) is 5.61. The molecule has 0 aliphatic heterocycles. The van der Waals surface area contributed by atoms with Crippen LogP contribution < -0.4 is 5.32 Å². The lowest BCUT2D eigenvalue weighted by molar-refractivity contribution is -0.119. The van der Waals surface area contributed by atoms with Gasteiger partial charge in [0, 0.05) is 0 Å². The Morgan fingerprint density at radius 2 is 1.82 bits per heavy atom. The summed E-state index contributed by atoms with van der Waals surface area (Å²) >= 11 is 6.22. The Bertz CT molecular complexity index is 1030. The van der Waals surface area contributed by atoms with E-state index in [0.717, 1.165) is 28.5 Å². The van der Waals surface area contributed by atoms with Gasteiger partial charge in [0.05, 0.1) is 40.0 Å². The maximum Gasteiger partial charge on any atom is 0.249 e. The minimum atomic E-state index is -0.481. The highest BCUT2D eigenvalue weighted by atomic mass is 35.5. The van der Waals surface area contributed by atoms with E-state index in [4.69, 9.17) is 11.6 Å². The summed E-state index contributed by atoms with van der Waals surface area (Å²) < 4.78 is 3.58. The number of benzene rings is 1. The van der Waals surface area contributed by atoms with Crippen molar-refractivity contribution in [3.63, 3.8) is 0 Å². The number of hydrogen-bond donors (Lipinski definition) is 1. The predicted molar refractivity (Wildman–Crippen MR) is 112 cm³/mol. The summed E-state index contributed by atoms with van der Waals surface area (Å²) in [6, 6.07) is 7.85. The first-order valence-electron chi connectivity index (χ1n) is 9.30. The highest BCUT2D eigenvalue weighted by Gasteiger charge is 2.23. The monoisotopic (exact) mass is 399 g/mol. The molecule has 0 radical (unpaired) electrons. The van der Waals surface area contributed by atoms with Gasteiger partial charge in [0.2, 0.25) is 5.91 Å². The summed E-state index contributed by atoms with van der Waals surface area (Å²) in [6.45, 7) is 12.1. The molecule has 3 rings (SSSR count). The van der Waals surface area contributed by atoms with Crippen LogP contribution in [0, 0.1) is 34.6 Å². The maximum atomic E-state index is 12.9. The molecule has 148 valence electrons. The van der Waals surface area contributed by atoms with Crippen LogP contribution in [0.4, 0.5) is 5.69 Å². The van der Waals surface area contributed by atoms with Gasteiger partial charge >= 0.3 is 0 Å². The zero-order chi connectivity index (χ0) is 20.6. The average Bonchev–Trinajstić information content (AvgIpc) is 3.05. The number of anilines is 1. The lowest BCUT2D eigenvalue weighted by Gasteiger charge is -2.15. The molecule has 0 saturated heterocycles. The molecule has 7 heteroatoms. The summed E-state index contributed by atoms with van der Waals surface area (Å²) in [6.07, 6.45) is 0. The highest BCUT2D eigenvalue weighted by Crippen LogP contribution is 2.25. The number of carbonyl (C=O) groups excluding carboxylic acids is 1. The van der Waals surface area contributed by atoms with Crippen molar-refractivity contribution in [1.29, 1.82) is 0 Å². The molecule has 2 aromatic heterocycles. The molecule has 1 N–H and O–H groups in total. The molecule has 1 unspecified atom stereocenters. The Morgan fingerprint density at radius 1 is 1.11 bits per heavy atom. The third-order valence-electron chi connectivity index (χ3n) is 5.03. The molecule has 0 fully saturated rings. The van der Waals surface area contributed by atoms with Crippen molar-refractivity contribution in [2.24, 2.45) is 0 Å². The van der Waals surface area contributed by atoms with Crippen LogP contribution in [0.2, 0.25) is 5.02 Å². The highest BCUT2D eigenvalue weighted by molar-refractivity contribution is 6.31. The van der Waals surface area contributed by atoms with Gasteiger partial charge in [-0.15, -0.1) is 0 Å². The van der Waals surface area contributed by atoms with Crippen LogP contribution >= 0.6 is 11.6 Å². The van der Waals surface area contributed by atoms with E-state index >= 15 is 0 Å². The van der Waals surface area contributed by atoms with Crippen LogP contribution in [-0.4, -0.2) is 25.5 Å². The van der Waals surface area contributed by atoms with Gasteiger partial charge < -0.3 is 5.32 Å². The molecule has 0 spiro atoms. The molecule has 0 saturated carbocycles. The molecule has 28 heavy (non-hydrogen) atoms. The van der Waals surface area contributed by atoms with Crippen molar-refractivity contribution in [3.8, 4) is 0 Å². The Morgan fingerprint density at radius 3 is 2.43 bits per heavy atom. The number of amides is 1. The second-order valence-electron chi connectivity index (χ2n) is 7.29.